The van der Waals surface area contributed by atoms with Crippen molar-refractivity contribution in [1.29, 1.82) is 0 Å². The second-order valence-corrected chi connectivity index (χ2v) is 6.84. The van der Waals surface area contributed by atoms with Crippen LogP contribution < -0.4 is 0 Å². The summed E-state index contributed by atoms with van der Waals surface area (Å²) in [5.74, 6) is 0.701. The van der Waals surface area contributed by atoms with Gasteiger partial charge < -0.3 is 10.2 Å². The van der Waals surface area contributed by atoms with Crippen molar-refractivity contribution in [3.8, 4) is 11.5 Å². The van der Waals surface area contributed by atoms with Gasteiger partial charge in [0.05, 0.1) is 0 Å². The van der Waals surface area contributed by atoms with Crippen LogP contribution in [0.1, 0.15) is 46.7 Å². The maximum absolute atomic E-state index is 10.3. The first-order valence-corrected chi connectivity index (χ1v) is 8.62. The van der Waals surface area contributed by atoms with Crippen molar-refractivity contribution in [2.45, 2.75) is 54.1 Å². The summed E-state index contributed by atoms with van der Waals surface area (Å²) in [5, 5.41) is 20.5. The Kier molecular flexibility index (Phi) is 5.89. The molecule has 3 heteroatoms. The van der Waals surface area contributed by atoms with Gasteiger partial charge in [-0.3, -0.25) is 4.90 Å². The number of aromatic hydroxyl groups is 2. The molecular weight excluding hydrogens is 298 g/mol. The minimum Gasteiger partial charge on any atom is -0.508 e. The first-order chi connectivity index (χ1) is 11.3. The van der Waals surface area contributed by atoms with E-state index >= 15 is 0 Å². The van der Waals surface area contributed by atoms with Crippen LogP contribution in [0.25, 0.3) is 0 Å². The molecule has 0 aliphatic carbocycles. The lowest BCUT2D eigenvalue weighted by atomic mass is 10.0. The van der Waals surface area contributed by atoms with Crippen molar-refractivity contribution in [3.05, 3.63) is 57.6 Å². The molecule has 0 aliphatic rings. The van der Waals surface area contributed by atoms with Crippen LogP contribution in [-0.4, -0.2) is 21.7 Å². The summed E-state index contributed by atoms with van der Waals surface area (Å²) in [6, 6.07) is 7.80. The number of nitrogens with zero attached hydrogens (tertiary/aromatic N) is 1. The van der Waals surface area contributed by atoms with Crippen LogP contribution >= 0.6 is 0 Å². The molecule has 0 fully saturated rings. The maximum Gasteiger partial charge on any atom is 0.120 e. The third kappa shape index (κ3) is 4.30. The van der Waals surface area contributed by atoms with Crippen molar-refractivity contribution in [2.24, 2.45) is 0 Å². The fraction of sp³-hybridized carbons (Fsp3) is 0.429. The lowest BCUT2D eigenvalue weighted by Crippen LogP contribution is -2.24. The van der Waals surface area contributed by atoms with E-state index in [1.165, 1.54) is 11.1 Å². The first kappa shape index (κ1) is 18.3. The second-order valence-electron chi connectivity index (χ2n) is 6.84. The standard InChI is InChI=1S/C21H29NO2/c1-6-7-22(12-18-8-14(2)16(4)10-20(18)23)13-19-9-15(3)17(5)11-21(19)24/h8-11,23-24H,6-7,12-13H2,1-5H3. The Morgan fingerprint density at radius 2 is 1.08 bits per heavy atom. The van der Waals surface area contributed by atoms with Crippen molar-refractivity contribution in [3.63, 3.8) is 0 Å². The molecule has 2 aromatic rings. The summed E-state index contributed by atoms with van der Waals surface area (Å²) >= 11 is 0. The summed E-state index contributed by atoms with van der Waals surface area (Å²) in [5.41, 5.74) is 6.46. The number of rotatable bonds is 6. The molecule has 0 bridgehead atoms. The number of benzene rings is 2. The van der Waals surface area contributed by atoms with Gasteiger partial charge in [-0.15, -0.1) is 0 Å². The van der Waals surface area contributed by atoms with Crippen LogP contribution in [0.4, 0.5) is 0 Å². The second kappa shape index (κ2) is 7.71. The van der Waals surface area contributed by atoms with Gasteiger partial charge in [0.2, 0.25) is 0 Å². The molecule has 0 atom stereocenters. The molecule has 0 unspecified atom stereocenters. The number of phenolic OH excluding ortho intramolecular Hbond substituents is 2. The molecule has 24 heavy (non-hydrogen) atoms. The predicted molar refractivity (Wildman–Crippen MR) is 99.6 cm³/mol. The maximum atomic E-state index is 10.3. The summed E-state index contributed by atoms with van der Waals surface area (Å²) in [7, 11) is 0. The summed E-state index contributed by atoms with van der Waals surface area (Å²) in [6.07, 6.45) is 1.03. The van der Waals surface area contributed by atoms with Gasteiger partial charge in [0.25, 0.3) is 0 Å². The third-order valence-corrected chi connectivity index (χ3v) is 4.72. The lowest BCUT2D eigenvalue weighted by molar-refractivity contribution is 0.250. The molecule has 0 amide bonds. The van der Waals surface area contributed by atoms with Gasteiger partial charge in [0, 0.05) is 24.2 Å². The van der Waals surface area contributed by atoms with E-state index in [-0.39, 0.29) is 0 Å². The zero-order valence-electron chi connectivity index (χ0n) is 15.5. The van der Waals surface area contributed by atoms with E-state index in [0.717, 1.165) is 35.2 Å². The van der Waals surface area contributed by atoms with Crippen molar-refractivity contribution in [2.75, 3.05) is 6.54 Å². The molecule has 0 aliphatic heterocycles. The van der Waals surface area contributed by atoms with Crippen LogP contribution in [0, 0.1) is 27.7 Å². The highest BCUT2D eigenvalue weighted by Crippen LogP contribution is 2.27. The molecule has 2 rings (SSSR count). The minimum absolute atomic E-state index is 0.350. The zero-order valence-corrected chi connectivity index (χ0v) is 15.5. The molecule has 130 valence electrons. The highest BCUT2D eigenvalue weighted by atomic mass is 16.3. The highest BCUT2D eigenvalue weighted by Gasteiger charge is 2.13. The lowest BCUT2D eigenvalue weighted by Gasteiger charge is -2.24. The minimum atomic E-state index is 0.350. The molecule has 0 aromatic heterocycles. The van der Waals surface area contributed by atoms with E-state index in [1.807, 2.05) is 26.0 Å². The Hall–Kier alpha value is -2.00. The molecule has 0 spiro atoms. The average Bonchev–Trinajstić information content (AvgIpc) is 2.50. The van der Waals surface area contributed by atoms with Gasteiger partial charge in [-0.2, -0.15) is 0 Å². The van der Waals surface area contributed by atoms with E-state index < -0.39 is 0 Å². The monoisotopic (exact) mass is 327 g/mol. The first-order valence-electron chi connectivity index (χ1n) is 8.62. The molecule has 2 N–H and O–H groups in total. The highest BCUT2D eigenvalue weighted by molar-refractivity contribution is 5.42. The fourth-order valence-corrected chi connectivity index (χ4v) is 2.99. The van der Waals surface area contributed by atoms with Gasteiger partial charge in [0.1, 0.15) is 11.5 Å². The molecule has 0 heterocycles. The summed E-state index contributed by atoms with van der Waals surface area (Å²) in [6.45, 7) is 12.6. The predicted octanol–water partition coefficient (Wildman–Crippen LogP) is 4.74. The van der Waals surface area contributed by atoms with Crippen molar-refractivity contribution >= 4 is 0 Å². The Labute approximate surface area is 145 Å². The topological polar surface area (TPSA) is 43.7 Å². The fourth-order valence-electron chi connectivity index (χ4n) is 2.99. The van der Waals surface area contributed by atoms with Crippen LogP contribution in [0.5, 0.6) is 11.5 Å². The molecular formula is C21H29NO2. The largest absolute Gasteiger partial charge is 0.508 e. The van der Waals surface area contributed by atoms with E-state index in [0.29, 0.717) is 24.6 Å². The summed E-state index contributed by atoms with van der Waals surface area (Å²) in [4.78, 5) is 2.27. The zero-order chi connectivity index (χ0) is 17.9. The Bertz CT molecular complexity index is 663. The SMILES string of the molecule is CCCN(Cc1cc(C)c(C)cc1O)Cc1cc(C)c(C)cc1O. The van der Waals surface area contributed by atoms with Crippen LogP contribution in [0.2, 0.25) is 0 Å². The van der Waals surface area contributed by atoms with Crippen LogP contribution in [0.3, 0.4) is 0 Å². The van der Waals surface area contributed by atoms with Gasteiger partial charge in [-0.1, -0.05) is 19.1 Å². The van der Waals surface area contributed by atoms with E-state index in [1.54, 1.807) is 0 Å². The van der Waals surface area contributed by atoms with E-state index in [9.17, 15) is 10.2 Å². The van der Waals surface area contributed by atoms with Crippen LogP contribution in [-0.2, 0) is 13.1 Å². The Morgan fingerprint density at radius 1 is 0.708 bits per heavy atom. The summed E-state index contributed by atoms with van der Waals surface area (Å²) < 4.78 is 0. The number of aryl methyl sites for hydroxylation is 4. The molecule has 0 saturated carbocycles. The van der Waals surface area contributed by atoms with Crippen molar-refractivity contribution in [1.82, 2.24) is 4.90 Å². The Balaban J connectivity index is 2.24. The number of hydrogen-bond donors (Lipinski definition) is 2. The molecule has 0 radical (unpaired) electrons. The van der Waals surface area contributed by atoms with E-state index in [2.05, 4.69) is 37.8 Å². The third-order valence-electron chi connectivity index (χ3n) is 4.72. The molecule has 0 saturated heterocycles. The Morgan fingerprint density at radius 3 is 1.46 bits per heavy atom. The number of phenols is 2. The molecule has 3 nitrogen and oxygen atoms in total. The van der Waals surface area contributed by atoms with Gasteiger partial charge in [-0.05, 0) is 75.0 Å². The van der Waals surface area contributed by atoms with Gasteiger partial charge in [0.15, 0.2) is 0 Å². The smallest absolute Gasteiger partial charge is 0.120 e. The van der Waals surface area contributed by atoms with E-state index in [4.69, 9.17) is 0 Å². The number of hydrogen-bond acceptors (Lipinski definition) is 3. The molecule has 2 aromatic carbocycles. The normalized spacial score (nSPS) is 11.2. The van der Waals surface area contributed by atoms with Crippen molar-refractivity contribution < 1.29 is 10.2 Å². The quantitative estimate of drug-likeness (QED) is 0.805. The van der Waals surface area contributed by atoms with Crippen LogP contribution in [0.15, 0.2) is 24.3 Å². The van der Waals surface area contributed by atoms with Gasteiger partial charge in [-0.25, -0.2) is 0 Å². The van der Waals surface area contributed by atoms with Gasteiger partial charge >= 0.3 is 0 Å². The average molecular weight is 327 g/mol.